The summed E-state index contributed by atoms with van der Waals surface area (Å²) in [6, 6.07) is 15.0. The van der Waals surface area contributed by atoms with E-state index in [-0.39, 0.29) is 12.3 Å². The lowest BCUT2D eigenvalue weighted by molar-refractivity contribution is 0.228. The predicted octanol–water partition coefficient (Wildman–Crippen LogP) is 3.82. The molecule has 1 unspecified atom stereocenters. The van der Waals surface area contributed by atoms with Crippen molar-refractivity contribution < 1.29 is 13.5 Å². The molecule has 3 aromatic rings. The molecule has 132 valence electrons. The zero-order valence-electron chi connectivity index (χ0n) is 13.7. The number of aliphatic hydroxyl groups is 1. The first-order valence-electron chi connectivity index (χ1n) is 7.76. The molecule has 0 aliphatic heterocycles. The van der Waals surface area contributed by atoms with E-state index in [0.717, 1.165) is 25.8 Å². The first-order chi connectivity index (χ1) is 11.9. The third-order valence-corrected chi connectivity index (χ3v) is 7.03. The summed E-state index contributed by atoms with van der Waals surface area (Å²) in [4.78, 5) is 2.57. The van der Waals surface area contributed by atoms with Crippen molar-refractivity contribution in [2.75, 3.05) is 0 Å². The molecule has 25 heavy (non-hydrogen) atoms. The van der Waals surface area contributed by atoms with Gasteiger partial charge in [0.15, 0.2) is 0 Å². The summed E-state index contributed by atoms with van der Waals surface area (Å²) in [5.41, 5.74) is 1.81. The first-order valence-corrected chi connectivity index (χ1v) is 11.1. The predicted molar refractivity (Wildman–Crippen MR) is 103 cm³/mol. The monoisotopic (exact) mass is 393 g/mol. The average Bonchev–Trinajstić information content (AvgIpc) is 3.24. The Bertz CT molecular complexity index is 930. The van der Waals surface area contributed by atoms with Gasteiger partial charge in [-0.2, -0.15) is 0 Å². The average molecular weight is 394 g/mol. The van der Waals surface area contributed by atoms with Crippen molar-refractivity contribution in [2.45, 2.75) is 25.3 Å². The van der Waals surface area contributed by atoms with Crippen molar-refractivity contribution in [2.24, 2.45) is 0 Å². The highest BCUT2D eigenvalue weighted by molar-refractivity contribution is 7.88. The van der Waals surface area contributed by atoms with Crippen molar-refractivity contribution in [3.63, 3.8) is 0 Å². The molecule has 1 atom stereocenters. The molecule has 3 rings (SSSR count). The van der Waals surface area contributed by atoms with E-state index in [1.807, 2.05) is 60.8 Å². The minimum absolute atomic E-state index is 0.0370. The number of rotatable bonds is 7. The summed E-state index contributed by atoms with van der Waals surface area (Å²) in [5, 5.41) is 12.2. The van der Waals surface area contributed by atoms with Gasteiger partial charge >= 0.3 is 0 Å². The minimum Gasteiger partial charge on any atom is -0.382 e. The molecule has 0 bridgehead atoms. The topological polar surface area (TPSA) is 66.4 Å². The van der Waals surface area contributed by atoms with E-state index in [0.29, 0.717) is 0 Å². The molecule has 4 nitrogen and oxygen atoms in total. The fourth-order valence-electron chi connectivity index (χ4n) is 2.48. The number of nitrogens with one attached hydrogen (secondary N) is 1. The fourth-order valence-corrected chi connectivity index (χ4v) is 5.42. The van der Waals surface area contributed by atoms with Crippen LogP contribution in [-0.2, 0) is 22.3 Å². The van der Waals surface area contributed by atoms with Gasteiger partial charge in [0.1, 0.15) is 6.10 Å². The molecule has 0 aliphatic carbocycles. The summed E-state index contributed by atoms with van der Waals surface area (Å²) in [6.45, 7) is 2.17. The lowest BCUT2D eigenvalue weighted by Gasteiger charge is -2.07. The van der Waals surface area contributed by atoms with Crippen molar-refractivity contribution in [1.29, 1.82) is 0 Å². The molecule has 0 radical (unpaired) electrons. The van der Waals surface area contributed by atoms with Crippen LogP contribution in [0.4, 0.5) is 0 Å². The standard InChI is InChI=1S/C18H19NO3S3/c1-13-4-2-5-14(10-13)12-25(21,22)19-11-15-7-8-17(24-15)18(20)16-6-3-9-23-16/h2-10,18-20H,11-12H2,1H3. The van der Waals surface area contributed by atoms with Crippen LogP contribution in [0.25, 0.3) is 0 Å². The SMILES string of the molecule is Cc1cccc(CS(=O)(=O)NCc2ccc(C(O)c3cccs3)s2)c1. The Morgan fingerprint density at radius 1 is 1.12 bits per heavy atom. The zero-order chi connectivity index (χ0) is 17.9. The van der Waals surface area contributed by atoms with Crippen molar-refractivity contribution in [3.05, 3.63) is 79.7 Å². The largest absolute Gasteiger partial charge is 0.382 e. The molecule has 2 aromatic heterocycles. The molecule has 0 saturated heterocycles. The number of benzene rings is 1. The Kier molecular flexibility index (Phi) is 5.71. The normalized spacial score (nSPS) is 13.0. The van der Waals surface area contributed by atoms with Gasteiger partial charge < -0.3 is 5.11 Å². The third kappa shape index (κ3) is 4.99. The highest BCUT2D eigenvalue weighted by Gasteiger charge is 2.16. The van der Waals surface area contributed by atoms with Crippen LogP contribution in [0.2, 0.25) is 0 Å². The minimum atomic E-state index is -3.41. The molecule has 2 N–H and O–H groups in total. The smallest absolute Gasteiger partial charge is 0.216 e. The summed E-state index contributed by atoms with van der Waals surface area (Å²) in [6.07, 6.45) is -0.650. The summed E-state index contributed by atoms with van der Waals surface area (Å²) in [7, 11) is -3.41. The Hall–Kier alpha value is -1.51. The number of thiophene rings is 2. The Morgan fingerprint density at radius 2 is 1.96 bits per heavy atom. The highest BCUT2D eigenvalue weighted by atomic mass is 32.2. The van der Waals surface area contributed by atoms with E-state index in [4.69, 9.17) is 0 Å². The molecule has 0 saturated carbocycles. The number of aryl methyl sites for hydroxylation is 1. The van der Waals surface area contributed by atoms with E-state index in [1.54, 1.807) is 0 Å². The molecule has 2 heterocycles. The van der Waals surface area contributed by atoms with E-state index in [2.05, 4.69) is 4.72 Å². The second kappa shape index (κ2) is 7.80. The molecule has 0 amide bonds. The number of sulfonamides is 1. The zero-order valence-corrected chi connectivity index (χ0v) is 16.1. The maximum Gasteiger partial charge on any atom is 0.216 e. The van der Waals surface area contributed by atoms with Crippen molar-refractivity contribution in [1.82, 2.24) is 4.72 Å². The van der Waals surface area contributed by atoms with Crippen LogP contribution in [0.1, 0.15) is 31.9 Å². The highest BCUT2D eigenvalue weighted by Crippen LogP contribution is 2.30. The van der Waals surface area contributed by atoms with Crippen LogP contribution in [-0.4, -0.2) is 13.5 Å². The van der Waals surface area contributed by atoms with Crippen LogP contribution in [0.3, 0.4) is 0 Å². The Balaban J connectivity index is 1.61. The third-order valence-electron chi connectivity index (χ3n) is 3.67. The first kappa shape index (κ1) is 18.3. The second-order valence-electron chi connectivity index (χ2n) is 5.79. The van der Waals surface area contributed by atoms with Gasteiger partial charge in [-0.25, -0.2) is 13.1 Å². The molecular weight excluding hydrogens is 374 g/mol. The summed E-state index contributed by atoms with van der Waals surface area (Å²) < 4.78 is 27.1. The maximum absolute atomic E-state index is 12.3. The Labute approximate surface area is 155 Å². The number of hydrogen-bond donors (Lipinski definition) is 2. The van der Waals surface area contributed by atoms with Crippen LogP contribution >= 0.6 is 22.7 Å². The molecule has 7 heteroatoms. The van der Waals surface area contributed by atoms with Crippen LogP contribution in [0, 0.1) is 6.92 Å². The molecule has 0 aliphatic rings. The summed E-state index contributed by atoms with van der Waals surface area (Å²) in [5.74, 6) is -0.0370. The molecule has 1 aromatic carbocycles. The van der Waals surface area contributed by atoms with Gasteiger partial charge in [0, 0.05) is 21.2 Å². The summed E-state index contributed by atoms with van der Waals surface area (Å²) >= 11 is 2.92. The van der Waals surface area contributed by atoms with Gasteiger partial charge in [0.25, 0.3) is 0 Å². The Morgan fingerprint density at radius 3 is 2.68 bits per heavy atom. The van der Waals surface area contributed by atoms with Gasteiger partial charge in [-0.3, -0.25) is 0 Å². The van der Waals surface area contributed by atoms with Gasteiger partial charge in [0.2, 0.25) is 10.0 Å². The van der Waals surface area contributed by atoms with E-state index in [9.17, 15) is 13.5 Å². The molecule has 0 fully saturated rings. The van der Waals surface area contributed by atoms with Crippen LogP contribution in [0.15, 0.2) is 53.9 Å². The van der Waals surface area contributed by atoms with Crippen LogP contribution < -0.4 is 4.72 Å². The van der Waals surface area contributed by atoms with Gasteiger partial charge in [-0.05, 0) is 36.1 Å². The second-order valence-corrected chi connectivity index (χ2v) is 9.78. The van der Waals surface area contributed by atoms with Crippen molar-refractivity contribution in [3.8, 4) is 0 Å². The number of aliphatic hydroxyl groups excluding tert-OH is 1. The fraction of sp³-hybridized carbons (Fsp3) is 0.222. The lowest BCUT2D eigenvalue weighted by atomic mass is 10.2. The maximum atomic E-state index is 12.3. The van der Waals surface area contributed by atoms with Gasteiger partial charge in [-0.15, -0.1) is 22.7 Å². The van der Waals surface area contributed by atoms with Gasteiger partial charge in [0.05, 0.1) is 5.75 Å². The van der Waals surface area contributed by atoms with E-state index in [1.165, 1.54) is 22.7 Å². The molecule has 0 spiro atoms. The van der Waals surface area contributed by atoms with E-state index < -0.39 is 16.1 Å². The number of hydrogen-bond acceptors (Lipinski definition) is 5. The lowest BCUT2D eigenvalue weighted by Crippen LogP contribution is -2.24. The van der Waals surface area contributed by atoms with Crippen molar-refractivity contribution >= 4 is 32.7 Å². The molecular formula is C18H19NO3S3. The van der Waals surface area contributed by atoms with E-state index >= 15 is 0 Å². The quantitative estimate of drug-likeness (QED) is 0.641. The van der Waals surface area contributed by atoms with Gasteiger partial charge in [-0.1, -0.05) is 35.9 Å². The van der Waals surface area contributed by atoms with Crippen LogP contribution in [0.5, 0.6) is 0 Å².